The van der Waals surface area contributed by atoms with Gasteiger partial charge in [-0.2, -0.15) is 5.26 Å². The average Bonchev–Trinajstić information content (AvgIpc) is 2.98. The molecule has 222 valence electrons. The van der Waals surface area contributed by atoms with Gasteiger partial charge in [-0.1, -0.05) is 53.5 Å². The van der Waals surface area contributed by atoms with Gasteiger partial charge in [-0.15, -0.1) is 0 Å². The number of rotatable bonds is 6. The van der Waals surface area contributed by atoms with Gasteiger partial charge in [0, 0.05) is 5.56 Å². The summed E-state index contributed by atoms with van der Waals surface area (Å²) in [5.74, 6) is 1.08. The van der Waals surface area contributed by atoms with Crippen molar-refractivity contribution in [3.63, 3.8) is 0 Å². The van der Waals surface area contributed by atoms with E-state index in [1.807, 2.05) is 12.1 Å². The molecule has 0 unspecified atom stereocenters. The van der Waals surface area contributed by atoms with Gasteiger partial charge in [0.15, 0.2) is 5.75 Å². The van der Waals surface area contributed by atoms with Crippen LogP contribution in [-0.2, 0) is 21.6 Å². The minimum atomic E-state index is -0.804. The van der Waals surface area contributed by atoms with Crippen molar-refractivity contribution < 1.29 is 19.1 Å². The fourth-order valence-corrected chi connectivity index (χ4v) is 8.81. The molecule has 4 bridgehead atoms. The predicted molar refractivity (Wildman–Crippen MR) is 167 cm³/mol. The second-order valence-corrected chi connectivity index (χ2v) is 13.4. The number of hydrogen-bond acceptors (Lipinski definition) is 5. The van der Waals surface area contributed by atoms with Gasteiger partial charge in [-0.3, -0.25) is 14.9 Å². The fraction of sp³-hybridized carbons (Fsp3) is 0.314. The molecule has 5 aliphatic rings. The van der Waals surface area contributed by atoms with E-state index in [0.717, 1.165) is 22.7 Å². The van der Waals surface area contributed by atoms with Gasteiger partial charge in [0.05, 0.1) is 27.4 Å². The van der Waals surface area contributed by atoms with E-state index < -0.39 is 17.8 Å². The Labute approximate surface area is 265 Å². The molecule has 0 spiro atoms. The van der Waals surface area contributed by atoms with Crippen molar-refractivity contribution in [1.82, 2.24) is 5.32 Å². The smallest absolute Gasteiger partial charge is 0.335 e. The van der Waals surface area contributed by atoms with Crippen molar-refractivity contribution in [2.24, 2.45) is 17.8 Å². The number of benzene rings is 3. The molecule has 44 heavy (non-hydrogen) atoms. The van der Waals surface area contributed by atoms with Gasteiger partial charge < -0.3 is 4.74 Å². The lowest BCUT2D eigenvalue weighted by Gasteiger charge is -2.57. The predicted octanol–water partition coefficient (Wildman–Crippen LogP) is 7.58. The molecule has 0 atom stereocenters. The third-order valence-corrected chi connectivity index (χ3v) is 10.3. The van der Waals surface area contributed by atoms with E-state index in [-0.39, 0.29) is 33.4 Å². The van der Waals surface area contributed by atoms with E-state index >= 15 is 0 Å². The van der Waals surface area contributed by atoms with Crippen LogP contribution in [-0.4, -0.2) is 17.8 Å². The van der Waals surface area contributed by atoms with Crippen LogP contribution in [0.1, 0.15) is 60.8 Å². The van der Waals surface area contributed by atoms with Crippen LogP contribution < -0.4 is 15.0 Å². The maximum absolute atomic E-state index is 13.6. The Kier molecular flexibility index (Phi) is 7.23. The molecule has 1 aliphatic heterocycles. The lowest BCUT2D eigenvalue weighted by Crippen LogP contribution is -2.54. The third kappa shape index (κ3) is 5.06. The standard InChI is InChI=1S/C35H29Cl2N3O4/c36-29-13-20(14-30(37)31(29)44-19-25-4-2-1-3-24(25)18-38)12-28-32(41)39-34(43)40(33(28)42)27-7-5-26(6-8-27)35-15-21-9-22(16-35)11-23(10-21)17-35/h1-8,12-14,21-23H,9-11,15-17,19H2,(H,39,41,43)/b28-12+. The number of barbiturate groups is 1. The molecular formula is C35H29Cl2N3O4. The van der Waals surface area contributed by atoms with Crippen molar-refractivity contribution in [2.75, 3.05) is 4.90 Å². The molecule has 5 fully saturated rings. The fourth-order valence-electron chi connectivity index (χ4n) is 8.19. The number of carbonyl (C=O) groups excluding carboxylic acids is 3. The maximum atomic E-state index is 13.6. The van der Waals surface area contributed by atoms with Crippen LogP contribution in [0.15, 0.2) is 66.2 Å². The van der Waals surface area contributed by atoms with Crippen LogP contribution in [0.4, 0.5) is 10.5 Å². The largest absolute Gasteiger partial charge is 0.486 e. The molecule has 4 aliphatic carbocycles. The zero-order valence-electron chi connectivity index (χ0n) is 23.8. The van der Waals surface area contributed by atoms with E-state index in [1.165, 1.54) is 62.3 Å². The molecule has 4 saturated carbocycles. The maximum Gasteiger partial charge on any atom is 0.335 e. The Bertz CT molecular complexity index is 1720. The monoisotopic (exact) mass is 625 g/mol. The summed E-state index contributed by atoms with van der Waals surface area (Å²) in [6.45, 7) is 0.0726. The Morgan fingerprint density at radius 2 is 1.55 bits per heavy atom. The SMILES string of the molecule is N#Cc1ccccc1COc1c(Cl)cc(/C=C2\C(=O)NC(=O)N(c3ccc(C45CC6CC(CC(C6)C4)C5)cc3)C2=O)cc1Cl. The molecule has 1 N–H and O–H groups in total. The number of halogens is 2. The molecule has 9 heteroatoms. The number of imide groups is 2. The zero-order chi connectivity index (χ0) is 30.6. The van der Waals surface area contributed by atoms with Gasteiger partial charge in [0.2, 0.25) is 0 Å². The third-order valence-electron chi connectivity index (χ3n) is 9.72. The van der Waals surface area contributed by atoms with Crippen molar-refractivity contribution in [3.05, 3.63) is 98.5 Å². The molecule has 3 aromatic rings. The highest BCUT2D eigenvalue weighted by Crippen LogP contribution is 2.60. The van der Waals surface area contributed by atoms with Crippen LogP contribution in [0.25, 0.3) is 6.08 Å². The average molecular weight is 627 g/mol. The number of nitrogens with zero attached hydrogens (tertiary/aromatic N) is 2. The van der Waals surface area contributed by atoms with Crippen LogP contribution in [0.5, 0.6) is 5.75 Å². The number of anilines is 1. The summed E-state index contributed by atoms with van der Waals surface area (Å²) in [4.78, 5) is 40.2. The molecule has 0 radical (unpaired) electrons. The minimum Gasteiger partial charge on any atom is -0.486 e. The number of amides is 4. The van der Waals surface area contributed by atoms with Gasteiger partial charge in [0.1, 0.15) is 12.2 Å². The number of hydrogen-bond donors (Lipinski definition) is 1. The molecule has 1 saturated heterocycles. The van der Waals surface area contributed by atoms with Crippen molar-refractivity contribution in [3.8, 4) is 11.8 Å². The van der Waals surface area contributed by atoms with Gasteiger partial charge in [-0.25, -0.2) is 9.69 Å². The number of urea groups is 1. The minimum absolute atomic E-state index is 0.0726. The Balaban J connectivity index is 1.12. The van der Waals surface area contributed by atoms with E-state index in [1.54, 1.807) is 24.3 Å². The van der Waals surface area contributed by atoms with Gasteiger partial charge in [-0.05, 0) is 109 Å². The summed E-state index contributed by atoms with van der Waals surface area (Å²) in [6.07, 6.45) is 9.05. The first kappa shape index (κ1) is 28.6. The molecular weight excluding hydrogens is 597 g/mol. The lowest BCUT2D eigenvalue weighted by atomic mass is 9.48. The Morgan fingerprint density at radius 3 is 2.16 bits per heavy atom. The van der Waals surface area contributed by atoms with E-state index in [9.17, 15) is 19.6 Å². The first-order valence-electron chi connectivity index (χ1n) is 14.8. The normalized spacial score (nSPS) is 26.6. The highest BCUT2D eigenvalue weighted by Gasteiger charge is 2.51. The lowest BCUT2D eigenvalue weighted by molar-refractivity contribution is -0.122. The van der Waals surface area contributed by atoms with Crippen LogP contribution in [0.2, 0.25) is 10.0 Å². The van der Waals surface area contributed by atoms with E-state index in [0.29, 0.717) is 22.4 Å². The number of nitrogens with one attached hydrogen (secondary N) is 1. The summed E-state index contributed by atoms with van der Waals surface area (Å²) >= 11 is 13.0. The first-order chi connectivity index (χ1) is 21.2. The summed E-state index contributed by atoms with van der Waals surface area (Å²) < 4.78 is 5.82. The summed E-state index contributed by atoms with van der Waals surface area (Å²) in [5, 5.41) is 11.9. The molecule has 4 amide bonds. The quantitative estimate of drug-likeness (QED) is 0.225. The van der Waals surface area contributed by atoms with Gasteiger partial charge >= 0.3 is 6.03 Å². The van der Waals surface area contributed by atoms with E-state index in [2.05, 4.69) is 23.5 Å². The molecule has 3 aromatic carbocycles. The Morgan fingerprint density at radius 1 is 0.932 bits per heavy atom. The molecule has 0 aromatic heterocycles. The van der Waals surface area contributed by atoms with E-state index in [4.69, 9.17) is 27.9 Å². The number of nitriles is 1. The van der Waals surface area contributed by atoms with Crippen LogP contribution in [0, 0.1) is 29.1 Å². The summed E-state index contributed by atoms with van der Waals surface area (Å²) in [5.41, 5.74) is 3.18. The zero-order valence-corrected chi connectivity index (χ0v) is 25.3. The van der Waals surface area contributed by atoms with Crippen molar-refractivity contribution in [2.45, 2.75) is 50.5 Å². The second-order valence-electron chi connectivity index (χ2n) is 12.6. The van der Waals surface area contributed by atoms with Crippen LogP contribution >= 0.6 is 23.2 Å². The number of carbonyl (C=O) groups is 3. The van der Waals surface area contributed by atoms with Crippen LogP contribution in [0.3, 0.4) is 0 Å². The topological polar surface area (TPSA) is 99.5 Å². The highest BCUT2D eigenvalue weighted by atomic mass is 35.5. The van der Waals surface area contributed by atoms with Gasteiger partial charge in [0.25, 0.3) is 11.8 Å². The van der Waals surface area contributed by atoms with Crippen molar-refractivity contribution in [1.29, 1.82) is 5.26 Å². The molecule has 1 heterocycles. The molecule has 7 nitrogen and oxygen atoms in total. The van der Waals surface area contributed by atoms with Crippen molar-refractivity contribution >= 4 is 52.8 Å². The summed E-state index contributed by atoms with van der Waals surface area (Å²) in [6, 6.07) is 19.1. The molecule has 8 rings (SSSR count). The first-order valence-corrected chi connectivity index (χ1v) is 15.6. The Hall–Kier alpha value is -4.12. The highest BCUT2D eigenvalue weighted by molar-refractivity contribution is 6.40. The number of ether oxygens (including phenoxy) is 1. The summed E-state index contributed by atoms with van der Waals surface area (Å²) in [7, 11) is 0. The second kappa shape index (κ2) is 11.1.